The maximum Gasteiger partial charge on any atom is 0.450 e. The number of alkyl halides is 3. The molecule has 0 saturated carbocycles. The van der Waals surface area contributed by atoms with E-state index < -0.39 is 22.9 Å². The molecule has 6 nitrogen and oxygen atoms in total. The predicted octanol–water partition coefficient (Wildman–Crippen LogP) is 4.74. The van der Waals surface area contributed by atoms with Crippen LogP contribution in [-0.4, -0.2) is 24.0 Å². The maximum absolute atomic E-state index is 13.9. The van der Waals surface area contributed by atoms with Gasteiger partial charge in [0.15, 0.2) is 11.3 Å². The van der Waals surface area contributed by atoms with Crippen LogP contribution in [0.25, 0.3) is 22.1 Å². The van der Waals surface area contributed by atoms with Gasteiger partial charge in [0, 0.05) is 11.8 Å². The third-order valence-electron chi connectivity index (χ3n) is 4.77. The lowest BCUT2D eigenvalue weighted by atomic mass is 10.0. The number of fused-ring (bicyclic) bond motifs is 1. The van der Waals surface area contributed by atoms with E-state index in [0.717, 1.165) is 5.56 Å². The van der Waals surface area contributed by atoms with E-state index in [2.05, 4.69) is 5.10 Å². The molecule has 0 N–H and O–H groups in total. The molecule has 2 aromatic carbocycles. The van der Waals surface area contributed by atoms with Crippen molar-refractivity contribution in [1.29, 1.82) is 0 Å². The molecular formula is C22H17F3N2O4. The first-order valence-corrected chi connectivity index (χ1v) is 9.19. The summed E-state index contributed by atoms with van der Waals surface area (Å²) < 4.78 is 58.6. The van der Waals surface area contributed by atoms with Crippen LogP contribution in [0, 0.1) is 0 Å². The van der Waals surface area contributed by atoms with E-state index in [1.807, 2.05) is 30.3 Å². The smallest absolute Gasteiger partial charge is 0.450 e. The quantitative estimate of drug-likeness (QED) is 0.458. The molecular weight excluding hydrogens is 413 g/mol. The minimum atomic E-state index is -4.92. The van der Waals surface area contributed by atoms with Gasteiger partial charge in [-0.05, 0) is 17.7 Å². The zero-order valence-electron chi connectivity index (χ0n) is 16.6. The molecule has 2 heterocycles. The van der Waals surface area contributed by atoms with Gasteiger partial charge in [0.25, 0.3) is 0 Å². The molecule has 0 radical (unpaired) electrons. The van der Waals surface area contributed by atoms with Crippen LogP contribution in [0.5, 0.6) is 11.5 Å². The Morgan fingerprint density at radius 2 is 1.81 bits per heavy atom. The van der Waals surface area contributed by atoms with Gasteiger partial charge in [0.1, 0.15) is 0 Å². The lowest BCUT2D eigenvalue weighted by Gasteiger charge is -2.14. The Bertz CT molecular complexity index is 1290. The SMILES string of the molecule is COc1ccc2c(=O)c(-c3cnn(Cc4ccccc4)c3)c(C(F)(F)F)oc2c1OC. The second-order valence-electron chi connectivity index (χ2n) is 6.72. The minimum absolute atomic E-state index is 0.00805. The third-order valence-corrected chi connectivity index (χ3v) is 4.77. The second-order valence-corrected chi connectivity index (χ2v) is 6.72. The summed E-state index contributed by atoms with van der Waals surface area (Å²) in [6, 6.07) is 12.1. The first-order valence-electron chi connectivity index (χ1n) is 9.19. The molecule has 0 atom stereocenters. The zero-order valence-corrected chi connectivity index (χ0v) is 16.6. The van der Waals surface area contributed by atoms with Crippen LogP contribution in [-0.2, 0) is 12.7 Å². The molecule has 9 heteroatoms. The Hall–Kier alpha value is -3.75. The molecule has 0 fully saturated rings. The van der Waals surface area contributed by atoms with Crippen molar-refractivity contribution in [1.82, 2.24) is 9.78 Å². The van der Waals surface area contributed by atoms with Gasteiger partial charge in [-0.25, -0.2) is 0 Å². The van der Waals surface area contributed by atoms with Crippen LogP contribution < -0.4 is 14.9 Å². The number of nitrogens with zero attached hydrogens (tertiary/aromatic N) is 2. The van der Waals surface area contributed by atoms with Crippen molar-refractivity contribution in [2.75, 3.05) is 14.2 Å². The largest absolute Gasteiger partial charge is 0.493 e. The Balaban J connectivity index is 1.92. The highest BCUT2D eigenvalue weighted by Gasteiger charge is 2.40. The summed E-state index contributed by atoms with van der Waals surface area (Å²) in [7, 11) is 2.59. The van der Waals surface area contributed by atoms with E-state index in [-0.39, 0.29) is 28.0 Å². The van der Waals surface area contributed by atoms with Crippen molar-refractivity contribution in [3.05, 3.63) is 76.4 Å². The van der Waals surface area contributed by atoms with Crippen LogP contribution in [0.2, 0.25) is 0 Å². The Morgan fingerprint density at radius 1 is 1.06 bits per heavy atom. The first kappa shape index (κ1) is 20.5. The number of aromatic nitrogens is 2. The molecule has 0 bridgehead atoms. The van der Waals surface area contributed by atoms with Gasteiger partial charge in [-0.3, -0.25) is 9.48 Å². The van der Waals surface area contributed by atoms with E-state index in [1.54, 1.807) is 0 Å². The number of hydrogen-bond acceptors (Lipinski definition) is 5. The molecule has 160 valence electrons. The van der Waals surface area contributed by atoms with Gasteiger partial charge in [0.2, 0.25) is 16.9 Å². The number of methoxy groups -OCH3 is 2. The van der Waals surface area contributed by atoms with Crippen LogP contribution in [0.1, 0.15) is 11.3 Å². The molecule has 31 heavy (non-hydrogen) atoms. The van der Waals surface area contributed by atoms with Gasteiger partial charge >= 0.3 is 6.18 Å². The fourth-order valence-corrected chi connectivity index (χ4v) is 3.38. The highest BCUT2D eigenvalue weighted by molar-refractivity contribution is 5.89. The minimum Gasteiger partial charge on any atom is -0.493 e. The van der Waals surface area contributed by atoms with Gasteiger partial charge < -0.3 is 13.9 Å². The monoisotopic (exact) mass is 430 g/mol. The Morgan fingerprint density at radius 3 is 2.45 bits per heavy atom. The van der Waals surface area contributed by atoms with Crippen molar-refractivity contribution in [3.63, 3.8) is 0 Å². The van der Waals surface area contributed by atoms with Crippen molar-refractivity contribution in [2.24, 2.45) is 0 Å². The number of ether oxygens (including phenoxy) is 2. The second kappa shape index (κ2) is 7.82. The first-order chi connectivity index (χ1) is 14.8. The number of halogens is 3. The Labute approximate surface area is 174 Å². The standard InChI is InChI=1S/C22H17F3N2O4/c1-29-16-9-8-15-18(28)17(21(22(23,24)25)31-19(15)20(16)30-2)14-10-26-27(12-14)11-13-6-4-3-5-7-13/h3-10,12H,11H2,1-2H3. The summed E-state index contributed by atoms with van der Waals surface area (Å²) >= 11 is 0. The van der Waals surface area contributed by atoms with Gasteiger partial charge in [-0.1, -0.05) is 30.3 Å². The van der Waals surface area contributed by atoms with E-state index >= 15 is 0 Å². The molecule has 0 aliphatic rings. The van der Waals surface area contributed by atoms with E-state index in [4.69, 9.17) is 13.9 Å². The fraction of sp³-hybridized carbons (Fsp3) is 0.182. The van der Waals surface area contributed by atoms with Crippen LogP contribution in [0.3, 0.4) is 0 Å². The van der Waals surface area contributed by atoms with Gasteiger partial charge in [0.05, 0.1) is 37.9 Å². The van der Waals surface area contributed by atoms with Crippen molar-refractivity contribution < 1.29 is 27.1 Å². The molecule has 0 amide bonds. The number of rotatable bonds is 5. The lowest BCUT2D eigenvalue weighted by molar-refractivity contribution is -0.152. The molecule has 0 aliphatic heterocycles. The summed E-state index contributed by atoms with van der Waals surface area (Å²) in [5.41, 5.74) is -0.857. The van der Waals surface area contributed by atoms with Crippen LogP contribution in [0.15, 0.2) is 64.1 Å². The Kier molecular flexibility index (Phi) is 5.18. The summed E-state index contributed by atoms with van der Waals surface area (Å²) in [6.45, 7) is 0.339. The van der Waals surface area contributed by atoms with Gasteiger partial charge in [-0.2, -0.15) is 18.3 Å². The average molecular weight is 430 g/mol. The molecule has 2 aromatic heterocycles. The van der Waals surface area contributed by atoms with Crippen molar-refractivity contribution in [3.8, 4) is 22.6 Å². The molecule has 4 aromatic rings. The lowest BCUT2D eigenvalue weighted by Crippen LogP contribution is -2.16. The normalized spacial score (nSPS) is 11.6. The maximum atomic E-state index is 13.9. The summed E-state index contributed by atoms with van der Waals surface area (Å²) in [5.74, 6) is -1.36. The van der Waals surface area contributed by atoms with Crippen molar-refractivity contribution in [2.45, 2.75) is 12.7 Å². The average Bonchev–Trinajstić information content (AvgIpc) is 3.20. The number of benzene rings is 2. The fourth-order valence-electron chi connectivity index (χ4n) is 3.38. The molecule has 0 spiro atoms. The van der Waals surface area contributed by atoms with Gasteiger partial charge in [-0.15, -0.1) is 0 Å². The molecule has 0 unspecified atom stereocenters. The zero-order chi connectivity index (χ0) is 22.2. The summed E-state index contributed by atoms with van der Waals surface area (Å²) in [4.78, 5) is 13.1. The molecule has 0 aliphatic carbocycles. The van der Waals surface area contributed by atoms with E-state index in [0.29, 0.717) is 6.54 Å². The van der Waals surface area contributed by atoms with Crippen LogP contribution >= 0.6 is 0 Å². The van der Waals surface area contributed by atoms with E-state index in [1.165, 1.54) is 43.4 Å². The highest BCUT2D eigenvalue weighted by Crippen LogP contribution is 2.41. The molecule has 4 rings (SSSR count). The third kappa shape index (κ3) is 3.74. The number of hydrogen-bond donors (Lipinski definition) is 0. The highest BCUT2D eigenvalue weighted by atomic mass is 19.4. The summed E-state index contributed by atoms with van der Waals surface area (Å²) in [5, 5.41) is 4.06. The van der Waals surface area contributed by atoms with Crippen molar-refractivity contribution >= 4 is 11.0 Å². The van der Waals surface area contributed by atoms with Crippen LogP contribution in [0.4, 0.5) is 13.2 Å². The topological polar surface area (TPSA) is 66.5 Å². The van der Waals surface area contributed by atoms with E-state index in [9.17, 15) is 18.0 Å². The predicted molar refractivity (Wildman–Crippen MR) is 107 cm³/mol. The summed E-state index contributed by atoms with van der Waals surface area (Å²) in [6.07, 6.45) is -2.31. The molecule has 0 saturated heterocycles.